The smallest absolute Gasteiger partial charge is 0.223 e. The lowest BCUT2D eigenvalue weighted by Crippen LogP contribution is -2.37. The van der Waals surface area contributed by atoms with Crippen LogP contribution in [0.25, 0.3) is 0 Å². The van der Waals surface area contributed by atoms with Gasteiger partial charge in [-0.3, -0.25) is 4.79 Å². The number of anilines is 1. The predicted octanol–water partition coefficient (Wildman–Crippen LogP) is 1.93. The standard InChI is InChI=1S/C16H25N3O2.2ClH/c1-17-8-7-16(20)18(2)13-14-5-3-4-6-15(14)19-9-11-21-12-10-19;;/h3-6,17H,7-13H2,1-2H3;2*1H. The van der Waals surface area contributed by atoms with Gasteiger partial charge in [-0.2, -0.15) is 0 Å². The first-order valence-corrected chi connectivity index (χ1v) is 7.51. The number of para-hydroxylation sites is 1. The summed E-state index contributed by atoms with van der Waals surface area (Å²) < 4.78 is 5.41. The van der Waals surface area contributed by atoms with Gasteiger partial charge in [0.2, 0.25) is 5.91 Å². The van der Waals surface area contributed by atoms with Crippen LogP contribution in [-0.4, -0.2) is 57.8 Å². The van der Waals surface area contributed by atoms with Crippen molar-refractivity contribution in [1.29, 1.82) is 0 Å². The summed E-state index contributed by atoms with van der Waals surface area (Å²) in [7, 11) is 3.73. The lowest BCUT2D eigenvalue weighted by atomic mass is 10.1. The molecule has 132 valence electrons. The van der Waals surface area contributed by atoms with Crippen LogP contribution in [0.15, 0.2) is 24.3 Å². The Morgan fingerprint density at radius 2 is 1.91 bits per heavy atom. The Balaban J connectivity index is 0.00000242. The van der Waals surface area contributed by atoms with Crippen LogP contribution in [-0.2, 0) is 16.1 Å². The van der Waals surface area contributed by atoms with E-state index >= 15 is 0 Å². The van der Waals surface area contributed by atoms with E-state index in [-0.39, 0.29) is 30.7 Å². The average molecular weight is 364 g/mol. The van der Waals surface area contributed by atoms with Crippen molar-refractivity contribution in [2.45, 2.75) is 13.0 Å². The maximum absolute atomic E-state index is 12.0. The predicted molar refractivity (Wildman–Crippen MR) is 99.0 cm³/mol. The van der Waals surface area contributed by atoms with Crippen molar-refractivity contribution in [2.75, 3.05) is 51.8 Å². The maximum Gasteiger partial charge on any atom is 0.223 e. The maximum atomic E-state index is 12.0. The van der Waals surface area contributed by atoms with Crippen LogP contribution in [0.1, 0.15) is 12.0 Å². The highest BCUT2D eigenvalue weighted by Gasteiger charge is 2.16. The van der Waals surface area contributed by atoms with E-state index in [2.05, 4.69) is 28.4 Å². The molecule has 1 saturated heterocycles. The minimum Gasteiger partial charge on any atom is -0.378 e. The highest BCUT2D eigenvalue weighted by atomic mass is 35.5. The van der Waals surface area contributed by atoms with Crippen molar-refractivity contribution < 1.29 is 9.53 Å². The van der Waals surface area contributed by atoms with Gasteiger partial charge in [-0.1, -0.05) is 18.2 Å². The molecule has 5 nitrogen and oxygen atoms in total. The molecule has 2 rings (SSSR count). The van der Waals surface area contributed by atoms with Gasteiger partial charge in [0.25, 0.3) is 0 Å². The molecule has 0 saturated carbocycles. The van der Waals surface area contributed by atoms with Gasteiger partial charge >= 0.3 is 0 Å². The molecular formula is C16H27Cl2N3O2. The SMILES string of the molecule is CNCCC(=O)N(C)Cc1ccccc1N1CCOCC1.Cl.Cl. The number of carbonyl (C=O) groups is 1. The van der Waals surface area contributed by atoms with E-state index in [9.17, 15) is 4.79 Å². The van der Waals surface area contributed by atoms with Crippen molar-refractivity contribution in [2.24, 2.45) is 0 Å². The Bertz CT molecular complexity index is 468. The Labute approximate surface area is 151 Å². The highest BCUT2D eigenvalue weighted by molar-refractivity contribution is 5.85. The lowest BCUT2D eigenvalue weighted by Gasteiger charge is -2.31. The molecule has 0 aliphatic carbocycles. The molecule has 0 unspecified atom stereocenters. The quantitative estimate of drug-likeness (QED) is 0.838. The number of benzene rings is 1. The van der Waals surface area contributed by atoms with Crippen LogP contribution in [0.4, 0.5) is 5.69 Å². The van der Waals surface area contributed by atoms with Gasteiger partial charge in [0.15, 0.2) is 0 Å². The van der Waals surface area contributed by atoms with Crippen molar-refractivity contribution in [1.82, 2.24) is 10.2 Å². The first kappa shape index (κ1) is 22.0. The van der Waals surface area contributed by atoms with Crippen molar-refractivity contribution in [3.63, 3.8) is 0 Å². The van der Waals surface area contributed by atoms with E-state index in [1.807, 2.05) is 20.2 Å². The fourth-order valence-corrected chi connectivity index (χ4v) is 2.52. The third-order valence-electron chi connectivity index (χ3n) is 3.77. The number of hydrogen-bond donors (Lipinski definition) is 1. The van der Waals surface area contributed by atoms with Gasteiger partial charge < -0.3 is 19.9 Å². The summed E-state index contributed by atoms with van der Waals surface area (Å²) in [5.41, 5.74) is 2.41. The molecule has 23 heavy (non-hydrogen) atoms. The number of hydrogen-bond acceptors (Lipinski definition) is 4. The molecule has 7 heteroatoms. The van der Waals surface area contributed by atoms with E-state index in [0.29, 0.717) is 19.5 Å². The molecular weight excluding hydrogens is 337 g/mol. The number of carbonyl (C=O) groups excluding carboxylic acids is 1. The summed E-state index contributed by atoms with van der Waals surface area (Å²) in [6.45, 7) is 4.73. The van der Waals surface area contributed by atoms with E-state index < -0.39 is 0 Å². The Hall–Kier alpha value is -1.01. The second-order valence-corrected chi connectivity index (χ2v) is 5.33. The van der Waals surface area contributed by atoms with Crippen molar-refractivity contribution in [3.05, 3.63) is 29.8 Å². The van der Waals surface area contributed by atoms with Crippen LogP contribution in [0, 0.1) is 0 Å². The summed E-state index contributed by atoms with van der Waals surface area (Å²) in [5.74, 6) is 0.168. The number of amides is 1. The summed E-state index contributed by atoms with van der Waals surface area (Å²) >= 11 is 0. The zero-order valence-electron chi connectivity index (χ0n) is 13.8. The largest absolute Gasteiger partial charge is 0.378 e. The monoisotopic (exact) mass is 363 g/mol. The van der Waals surface area contributed by atoms with E-state index in [1.54, 1.807) is 4.90 Å². The highest BCUT2D eigenvalue weighted by Crippen LogP contribution is 2.22. The van der Waals surface area contributed by atoms with Crippen LogP contribution in [0.2, 0.25) is 0 Å². The molecule has 1 fully saturated rings. The number of halogens is 2. The molecule has 1 aromatic carbocycles. The first-order chi connectivity index (χ1) is 10.2. The van der Waals surface area contributed by atoms with Crippen LogP contribution >= 0.6 is 24.8 Å². The molecule has 1 aliphatic heterocycles. The summed E-state index contributed by atoms with van der Waals surface area (Å²) in [4.78, 5) is 16.2. The normalized spacial score (nSPS) is 13.7. The zero-order chi connectivity index (χ0) is 15.1. The molecule has 1 amide bonds. The van der Waals surface area contributed by atoms with Gasteiger partial charge in [0, 0.05) is 45.3 Å². The van der Waals surface area contributed by atoms with Crippen LogP contribution in [0.5, 0.6) is 0 Å². The summed E-state index contributed by atoms with van der Waals surface area (Å²) in [5, 5.41) is 3.01. The minimum atomic E-state index is 0. The van der Waals surface area contributed by atoms with Gasteiger partial charge in [0.1, 0.15) is 0 Å². The average Bonchev–Trinajstić information content (AvgIpc) is 2.54. The Kier molecular flexibility index (Phi) is 11.0. The number of nitrogens with one attached hydrogen (secondary N) is 1. The van der Waals surface area contributed by atoms with Gasteiger partial charge in [-0.25, -0.2) is 0 Å². The Morgan fingerprint density at radius 1 is 1.26 bits per heavy atom. The van der Waals surface area contributed by atoms with Crippen molar-refractivity contribution >= 4 is 36.4 Å². The molecule has 1 N–H and O–H groups in total. The molecule has 1 aromatic rings. The number of rotatable bonds is 6. The minimum absolute atomic E-state index is 0. The van der Waals surface area contributed by atoms with Crippen LogP contribution in [0.3, 0.4) is 0 Å². The van der Waals surface area contributed by atoms with Crippen molar-refractivity contribution in [3.8, 4) is 0 Å². The lowest BCUT2D eigenvalue weighted by molar-refractivity contribution is -0.130. The third kappa shape index (κ3) is 6.55. The van der Waals surface area contributed by atoms with Gasteiger partial charge in [0.05, 0.1) is 13.2 Å². The third-order valence-corrected chi connectivity index (χ3v) is 3.77. The second kappa shape index (κ2) is 11.5. The Morgan fingerprint density at radius 3 is 2.57 bits per heavy atom. The molecule has 0 aromatic heterocycles. The molecule has 0 spiro atoms. The summed E-state index contributed by atoms with van der Waals surface area (Å²) in [6.07, 6.45) is 0.534. The van der Waals surface area contributed by atoms with Crippen LogP contribution < -0.4 is 10.2 Å². The zero-order valence-corrected chi connectivity index (χ0v) is 15.4. The molecule has 0 atom stereocenters. The molecule has 1 heterocycles. The van der Waals surface area contributed by atoms with E-state index in [1.165, 1.54) is 11.3 Å². The molecule has 0 radical (unpaired) electrons. The first-order valence-electron chi connectivity index (χ1n) is 7.51. The van der Waals surface area contributed by atoms with E-state index in [4.69, 9.17) is 4.74 Å². The number of nitrogens with zero attached hydrogens (tertiary/aromatic N) is 2. The molecule has 1 aliphatic rings. The fraction of sp³-hybridized carbons (Fsp3) is 0.562. The second-order valence-electron chi connectivity index (χ2n) is 5.33. The number of ether oxygens (including phenoxy) is 1. The molecule has 0 bridgehead atoms. The summed E-state index contributed by atoms with van der Waals surface area (Å²) in [6, 6.07) is 8.32. The van der Waals surface area contributed by atoms with Gasteiger partial charge in [-0.15, -0.1) is 24.8 Å². The van der Waals surface area contributed by atoms with E-state index in [0.717, 1.165) is 26.3 Å². The number of morpholine rings is 1. The fourth-order valence-electron chi connectivity index (χ4n) is 2.52. The van der Waals surface area contributed by atoms with Gasteiger partial charge in [-0.05, 0) is 18.7 Å². The topological polar surface area (TPSA) is 44.8 Å².